The maximum absolute atomic E-state index is 5.39. The number of benzene rings is 2. The second-order valence-electron chi connectivity index (χ2n) is 4.24. The topological polar surface area (TPSA) is 33.6 Å². The monoisotopic (exact) mass is 254 g/mol. The van der Waals surface area contributed by atoms with Gasteiger partial charge in [0.25, 0.3) is 0 Å². The van der Waals surface area contributed by atoms with E-state index >= 15 is 0 Å². The van der Waals surface area contributed by atoms with E-state index in [9.17, 15) is 0 Å². The first kappa shape index (κ1) is 13.1. The van der Waals surface area contributed by atoms with Gasteiger partial charge in [-0.1, -0.05) is 17.7 Å². The number of ether oxygens (including phenoxy) is 1. The maximum Gasteiger partial charge on any atom is 0.119 e. The Kier molecular flexibility index (Phi) is 4.56. The Morgan fingerprint density at radius 2 is 1.74 bits per heavy atom. The quantitative estimate of drug-likeness (QED) is 0.649. The molecule has 0 bridgehead atoms. The molecular weight excluding hydrogens is 236 g/mol. The van der Waals surface area contributed by atoms with Gasteiger partial charge in [-0.05, 0) is 55.8 Å². The number of anilines is 1. The molecule has 3 heteroatoms. The summed E-state index contributed by atoms with van der Waals surface area (Å²) < 4.78 is 5.39. The molecule has 0 unspecified atom stereocenters. The van der Waals surface area contributed by atoms with Gasteiger partial charge in [0.1, 0.15) is 5.75 Å². The van der Waals surface area contributed by atoms with Crippen molar-refractivity contribution in [3.05, 3.63) is 59.7 Å². The molecule has 1 N–H and O–H groups in total. The minimum atomic E-state index is 0.683. The first-order chi connectivity index (χ1) is 9.28. The zero-order valence-corrected chi connectivity index (χ0v) is 11.3. The van der Waals surface area contributed by atoms with E-state index in [1.807, 2.05) is 43.3 Å². The highest BCUT2D eigenvalue weighted by Crippen LogP contribution is 2.11. The van der Waals surface area contributed by atoms with Crippen LogP contribution in [0, 0.1) is 6.92 Å². The lowest BCUT2D eigenvalue weighted by atomic mass is 10.2. The largest absolute Gasteiger partial charge is 0.494 e. The Labute approximate surface area is 113 Å². The lowest BCUT2D eigenvalue weighted by Crippen LogP contribution is -1.92. The summed E-state index contributed by atoms with van der Waals surface area (Å²) in [5.74, 6) is 0.881. The van der Waals surface area contributed by atoms with Gasteiger partial charge < -0.3 is 4.74 Å². The van der Waals surface area contributed by atoms with E-state index in [0.717, 1.165) is 17.0 Å². The van der Waals surface area contributed by atoms with Crippen LogP contribution in [0.1, 0.15) is 18.1 Å². The van der Waals surface area contributed by atoms with Crippen molar-refractivity contribution < 1.29 is 4.74 Å². The average Bonchev–Trinajstić information content (AvgIpc) is 2.43. The van der Waals surface area contributed by atoms with Crippen LogP contribution >= 0.6 is 0 Å². The molecule has 0 saturated carbocycles. The molecule has 3 nitrogen and oxygen atoms in total. The summed E-state index contributed by atoms with van der Waals surface area (Å²) >= 11 is 0. The fourth-order valence-electron chi connectivity index (χ4n) is 1.63. The summed E-state index contributed by atoms with van der Waals surface area (Å²) in [7, 11) is 0. The second-order valence-corrected chi connectivity index (χ2v) is 4.24. The normalized spacial score (nSPS) is 10.6. The summed E-state index contributed by atoms with van der Waals surface area (Å²) in [5, 5.41) is 4.20. The van der Waals surface area contributed by atoms with E-state index in [0.29, 0.717) is 6.61 Å². The van der Waals surface area contributed by atoms with Gasteiger partial charge in [-0.15, -0.1) is 0 Å². The summed E-state index contributed by atoms with van der Waals surface area (Å²) in [4.78, 5) is 0. The smallest absolute Gasteiger partial charge is 0.119 e. The number of hydrogen-bond acceptors (Lipinski definition) is 3. The van der Waals surface area contributed by atoms with Crippen molar-refractivity contribution in [3.8, 4) is 5.75 Å². The van der Waals surface area contributed by atoms with Crippen molar-refractivity contribution in [3.63, 3.8) is 0 Å². The van der Waals surface area contributed by atoms with E-state index < -0.39 is 0 Å². The molecule has 2 aromatic carbocycles. The van der Waals surface area contributed by atoms with Crippen molar-refractivity contribution in [1.29, 1.82) is 0 Å². The van der Waals surface area contributed by atoms with Crippen molar-refractivity contribution in [1.82, 2.24) is 0 Å². The highest BCUT2D eigenvalue weighted by Gasteiger charge is 1.92. The second kappa shape index (κ2) is 6.59. The Balaban J connectivity index is 1.93. The summed E-state index contributed by atoms with van der Waals surface area (Å²) in [6.45, 7) is 4.72. The lowest BCUT2D eigenvalue weighted by molar-refractivity contribution is 0.340. The van der Waals surface area contributed by atoms with Crippen molar-refractivity contribution in [2.75, 3.05) is 12.0 Å². The van der Waals surface area contributed by atoms with Crippen LogP contribution in [0.2, 0.25) is 0 Å². The molecule has 19 heavy (non-hydrogen) atoms. The number of hydrazone groups is 1. The van der Waals surface area contributed by atoms with Crippen LogP contribution in [-0.4, -0.2) is 12.8 Å². The first-order valence-corrected chi connectivity index (χ1v) is 6.36. The van der Waals surface area contributed by atoms with Crippen LogP contribution in [0.5, 0.6) is 5.75 Å². The van der Waals surface area contributed by atoms with Crippen LogP contribution in [-0.2, 0) is 0 Å². The number of rotatable bonds is 5. The van der Waals surface area contributed by atoms with E-state index in [1.165, 1.54) is 5.56 Å². The molecule has 0 fully saturated rings. The summed E-state index contributed by atoms with van der Waals surface area (Å²) in [6.07, 6.45) is 1.79. The fraction of sp³-hybridized carbons (Fsp3) is 0.188. The van der Waals surface area contributed by atoms with Gasteiger partial charge in [0.2, 0.25) is 0 Å². The molecule has 0 spiro atoms. The number of nitrogens with one attached hydrogen (secondary N) is 1. The van der Waals surface area contributed by atoms with Crippen LogP contribution in [0.15, 0.2) is 53.6 Å². The lowest BCUT2D eigenvalue weighted by Gasteiger charge is -2.02. The molecule has 2 aromatic rings. The molecule has 0 aromatic heterocycles. The predicted octanol–water partition coefficient (Wildman–Crippen LogP) is 3.84. The Morgan fingerprint density at radius 1 is 1.05 bits per heavy atom. The SMILES string of the molecule is CCOc1ccc(/C=N\Nc2ccc(C)cc2)cc1. The highest BCUT2D eigenvalue weighted by molar-refractivity contribution is 5.80. The van der Waals surface area contributed by atoms with Crippen molar-refractivity contribution in [2.24, 2.45) is 5.10 Å². The molecule has 0 heterocycles. The van der Waals surface area contributed by atoms with Gasteiger partial charge in [0.15, 0.2) is 0 Å². The van der Waals surface area contributed by atoms with Gasteiger partial charge in [0, 0.05) is 0 Å². The standard InChI is InChI=1S/C16H18N2O/c1-3-19-16-10-6-14(7-11-16)12-17-18-15-8-4-13(2)5-9-15/h4-12,18H,3H2,1-2H3/b17-12-. The molecular formula is C16H18N2O. The van der Waals surface area contributed by atoms with E-state index in [1.54, 1.807) is 6.21 Å². The average molecular weight is 254 g/mol. The third-order valence-electron chi connectivity index (χ3n) is 2.65. The molecule has 98 valence electrons. The van der Waals surface area contributed by atoms with Crippen LogP contribution in [0.4, 0.5) is 5.69 Å². The van der Waals surface area contributed by atoms with Crippen molar-refractivity contribution in [2.45, 2.75) is 13.8 Å². The molecule has 0 saturated heterocycles. The third-order valence-corrected chi connectivity index (χ3v) is 2.65. The Bertz CT molecular complexity index is 530. The minimum Gasteiger partial charge on any atom is -0.494 e. The molecule has 0 aliphatic rings. The molecule has 0 atom stereocenters. The summed E-state index contributed by atoms with van der Waals surface area (Å²) in [6, 6.07) is 15.9. The number of hydrogen-bond donors (Lipinski definition) is 1. The maximum atomic E-state index is 5.39. The van der Waals surface area contributed by atoms with Crippen LogP contribution in [0.3, 0.4) is 0 Å². The number of aryl methyl sites for hydroxylation is 1. The minimum absolute atomic E-state index is 0.683. The zero-order chi connectivity index (χ0) is 13.5. The van der Waals surface area contributed by atoms with Gasteiger partial charge in [-0.2, -0.15) is 5.10 Å². The molecule has 0 radical (unpaired) electrons. The number of nitrogens with zero attached hydrogens (tertiary/aromatic N) is 1. The van der Waals surface area contributed by atoms with Gasteiger partial charge >= 0.3 is 0 Å². The van der Waals surface area contributed by atoms with Gasteiger partial charge in [-0.3, -0.25) is 5.43 Å². The van der Waals surface area contributed by atoms with E-state index in [2.05, 4.69) is 29.6 Å². The van der Waals surface area contributed by atoms with Crippen molar-refractivity contribution >= 4 is 11.9 Å². The molecule has 0 aliphatic carbocycles. The molecule has 2 rings (SSSR count). The highest BCUT2D eigenvalue weighted by atomic mass is 16.5. The van der Waals surface area contributed by atoms with Gasteiger partial charge in [0.05, 0.1) is 18.5 Å². The Hall–Kier alpha value is -2.29. The van der Waals surface area contributed by atoms with Gasteiger partial charge in [-0.25, -0.2) is 0 Å². The third kappa shape index (κ3) is 4.14. The zero-order valence-electron chi connectivity index (χ0n) is 11.3. The van der Waals surface area contributed by atoms with E-state index in [-0.39, 0.29) is 0 Å². The molecule has 0 aliphatic heterocycles. The molecule has 0 amide bonds. The first-order valence-electron chi connectivity index (χ1n) is 6.36. The van der Waals surface area contributed by atoms with E-state index in [4.69, 9.17) is 4.74 Å². The van der Waals surface area contributed by atoms with Crippen LogP contribution in [0.25, 0.3) is 0 Å². The summed E-state index contributed by atoms with van der Waals surface area (Å²) in [5.41, 5.74) is 6.25. The van der Waals surface area contributed by atoms with Crippen LogP contribution < -0.4 is 10.2 Å². The Morgan fingerprint density at radius 3 is 2.37 bits per heavy atom. The predicted molar refractivity (Wildman–Crippen MR) is 80.0 cm³/mol. The fourth-order valence-corrected chi connectivity index (χ4v) is 1.63.